The summed E-state index contributed by atoms with van der Waals surface area (Å²) in [7, 11) is 0. The van der Waals surface area contributed by atoms with E-state index in [2.05, 4.69) is 6.92 Å². The number of hydrogen-bond donors (Lipinski definition) is 1. The topological polar surface area (TPSA) is 70.8 Å². The minimum absolute atomic E-state index is 0.225. The Morgan fingerprint density at radius 1 is 0.682 bits per heavy atom. The number of amides is 1. The third kappa shape index (κ3) is 19.4. The van der Waals surface area contributed by atoms with Crippen molar-refractivity contribution < 1.29 is 19.0 Å². The van der Waals surface area contributed by atoms with Crippen LogP contribution in [0.4, 0.5) is 0 Å². The zero-order chi connectivity index (χ0) is 16.3. The van der Waals surface area contributed by atoms with Gasteiger partial charge in [0.25, 0.3) is 0 Å². The van der Waals surface area contributed by atoms with Crippen molar-refractivity contribution in [1.29, 1.82) is 0 Å². The molecule has 0 aromatic rings. The molecule has 2 N–H and O–H groups in total. The second-order valence-corrected chi connectivity index (χ2v) is 5.53. The van der Waals surface area contributed by atoms with Crippen LogP contribution < -0.4 is 5.73 Å². The van der Waals surface area contributed by atoms with E-state index in [1.165, 1.54) is 25.7 Å². The van der Waals surface area contributed by atoms with E-state index in [4.69, 9.17) is 19.9 Å². The third-order valence-electron chi connectivity index (χ3n) is 3.35. The first kappa shape index (κ1) is 21.4. The standard InChI is InChI=1S/C17H35NO4/c1-2-3-4-5-8-11-20-13-15-22-16-14-21-12-9-6-7-10-17(18)19/h2-16H2,1H3,(H2,18,19). The van der Waals surface area contributed by atoms with Gasteiger partial charge in [-0.2, -0.15) is 0 Å². The van der Waals surface area contributed by atoms with Gasteiger partial charge in [0.2, 0.25) is 5.91 Å². The fourth-order valence-electron chi connectivity index (χ4n) is 2.03. The van der Waals surface area contributed by atoms with E-state index in [0.29, 0.717) is 32.8 Å². The van der Waals surface area contributed by atoms with Crippen LogP contribution in [-0.4, -0.2) is 45.5 Å². The van der Waals surface area contributed by atoms with Crippen molar-refractivity contribution in [1.82, 2.24) is 0 Å². The highest BCUT2D eigenvalue weighted by Gasteiger charge is 1.95. The summed E-state index contributed by atoms with van der Waals surface area (Å²) in [5.74, 6) is -0.225. The van der Waals surface area contributed by atoms with Crippen LogP contribution in [0.25, 0.3) is 0 Å². The van der Waals surface area contributed by atoms with Gasteiger partial charge in [-0.3, -0.25) is 4.79 Å². The molecule has 0 aliphatic rings. The Bertz CT molecular complexity index is 237. The molecule has 132 valence electrons. The summed E-state index contributed by atoms with van der Waals surface area (Å²) < 4.78 is 16.4. The maximum absolute atomic E-state index is 10.5. The van der Waals surface area contributed by atoms with Gasteiger partial charge in [-0.05, 0) is 19.3 Å². The molecule has 0 fully saturated rings. The van der Waals surface area contributed by atoms with Crippen molar-refractivity contribution >= 4 is 5.91 Å². The molecule has 0 unspecified atom stereocenters. The van der Waals surface area contributed by atoms with Crippen molar-refractivity contribution in [3.05, 3.63) is 0 Å². The summed E-state index contributed by atoms with van der Waals surface area (Å²) in [6.45, 7) is 6.32. The predicted octanol–water partition coefficient (Wildman–Crippen LogP) is 3.05. The van der Waals surface area contributed by atoms with Crippen LogP contribution in [0.1, 0.15) is 64.7 Å². The van der Waals surface area contributed by atoms with Gasteiger partial charge in [0, 0.05) is 19.6 Å². The van der Waals surface area contributed by atoms with Gasteiger partial charge in [0.05, 0.1) is 26.4 Å². The molecule has 0 atom stereocenters. The molecular formula is C17H35NO4. The molecular weight excluding hydrogens is 282 g/mol. The molecule has 0 aliphatic heterocycles. The van der Waals surface area contributed by atoms with Crippen molar-refractivity contribution in [2.24, 2.45) is 5.73 Å². The highest BCUT2D eigenvalue weighted by Crippen LogP contribution is 2.02. The minimum Gasteiger partial charge on any atom is -0.379 e. The molecule has 1 amide bonds. The second kappa shape index (κ2) is 18.4. The lowest BCUT2D eigenvalue weighted by Gasteiger charge is -2.07. The summed E-state index contributed by atoms with van der Waals surface area (Å²) >= 11 is 0. The quantitative estimate of drug-likeness (QED) is 0.394. The van der Waals surface area contributed by atoms with Crippen molar-refractivity contribution in [2.75, 3.05) is 39.6 Å². The van der Waals surface area contributed by atoms with Crippen LogP contribution in [0, 0.1) is 0 Å². The number of nitrogens with two attached hydrogens (primary N) is 1. The summed E-state index contributed by atoms with van der Waals surface area (Å²) in [5, 5.41) is 0. The molecule has 0 saturated heterocycles. The van der Waals surface area contributed by atoms with Gasteiger partial charge in [0.1, 0.15) is 0 Å². The highest BCUT2D eigenvalue weighted by molar-refractivity contribution is 5.73. The fraction of sp³-hybridized carbons (Fsp3) is 0.941. The van der Waals surface area contributed by atoms with E-state index in [-0.39, 0.29) is 5.91 Å². The summed E-state index contributed by atoms with van der Waals surface area (Å²) in [6.07, 6.45) is 9.62. The fourth-order valence-corrected chi connectivity index (χ4v) is 2.03. The van der Waals surface area contributed by atoms with Crippen LogP contribution in [0.15, 0.2) is 0 Å². The third-order valence-corrected chi connectivity index (χ3v) is 3.35. The smallest absolute Gasteiger partial charge is 0.217 e. The number of primary amides is 1. The number of ether oxygens (including phenoxy) is 3. The molecule has 22 heavy (non-hydrogen) atoms. The van der Waals surface area contributed by atoms with Crippen LogP contribution in [-0.2, 0) is 19.0 Å². The van der Waals surface area contributed by atoms with Gasteiger partial charge in [0.15, 0.2) is 0 Å². The normalized spacial score (nSPS) is 11.0. The number of rotatable bonds is 18. The largest absolute Gasteiger partial charge is 0.379 e. The average molecular weight is 317 g/mol. The van der Waals surface area contributed by atoms with Crippen LogP contribution in [0.3, 0.4) is 0 Å². The van der Waals surface area contributed by atoms with Crippen LogP contribution in [0.2, 0.25) is 0 Å². The Kier molecular flexibility index (Phi) is 17.9. The Labute approximate surface area is 135 Å². The van der Waals surface area contributed by atoms with Gasteiger partial charge in [-0.25, -0.2) is 0 Å². The second-order valence-electron chi connectivity index (χ2n) is 5.53. The van der Waals surface area contributed by atoms with E-state index in [1.807, 2.05) is 0 Å². The molecule has 0 aromatic carbocycles. The number of unbranched alkanes of at least 4 members (excludes halogenated alkanes) is 6. The van der Waals surface area contributed by atoms with Gasteiger partial charge >= 0.3 is 0 Å². The van der Waals surface area contributed by atoms with Crippen LogP contribution in [0.5, 0.6) is 0 Å². The zero-order valence-corrected chi connectivity index (χ0v) is 14.3. The first-order valence-electron chi connectivity index (χ1n) is 8.79. The van der Waals surface area contributed by atoms with E-state index in [1.54, 1.807) is 0 Å². The maximum Gasteiger partial charge on any atom is 0.217 e. The number of hydrogen-bond acceptors (Lipinski definition) is 4. The predicted molar refractivity (Wildman–Crippen MR) is 88.9 cm³/mol. The van der Waals surface area contributed by atoms with Crippen molar-refractivity contribution in [3.8, 4) is 0 Å². The van der Waals surface area contributed by atoms with E-state index < -0.39 is 0 Å². The summed E-state index contributed by atoms with van der Waals surface area (Å²) in [5.41, 5.74) is 5.06. The number of carbonyl (C=O) groups is 1. The Hall–Kier alpha value is -0.650. The lowest BCUT2D eigenvalue weighted by Crippen LogP contribution is -2.11. The molecule has 0 spiro atoms. The maximum atomic E-state index is 10.5. The van der Waals surface area contributed by atoms with E-state index >= 15 is 0 Å². The van der Waals surface area contributed by atoms with Gasteiger partial charge in [-0.1, -0.05) is 39.0 Å². The minimum atomic E-state index is -0.225. The first-order chi connectivity index (χ1) is 10.8. The van der Waals surface area contributed by atoms with Gasteiger partial charge in [-0.15, -0.1) is 0 Å². The lowest BCUT2D eigenvalue weighted by atomic mass is 10.2. The molecule has 0 radical (unpaired) electrons. The van der Waals surface area contributed by atoms with Crippen LogP contribution >= 0.6 is 0 Å². The van der Waals surface area contributed by atoms with E-state index in [9.17, 15) is 4.79 Å². The molecule has 0 bridgehead atoms. The summed E-state index contributed by atoms with van der Waals surface area (Å²) in [4.78, 5) is 10.5. The molecule has 5 heteroatoms. The van der Waals surface area contributed by atoms with Gasteiger partial charge < -0.3 is 19.9 Å². The molecule has 0 saturated carbocycles. The van der Waals surface area contributed by atoms with E-state index in [0.717, 1.165) is 38.9 Å². The van der Waals surface area contributed by atoms with Crippen molar-refractivity contribution in [2.45, 2.75) is 64.7 Å². The highest BCUT2D eigenvalue weighted by atomic mass is 16.5. The molecule has 0 aliphatic carbocycles. The average Bonchev–Trinajstić information content (AvgIpc) is 2.50. The number of carbonyl (C=O) groups excluding carboxylic acids is 1. The monoisotopic (exact) mass is 317 g/mol. The Balaban J connectivity index is 2.95. The SMILES string of the molecule is CCCCCCCOCCOCCOCCCCCC(N)=O. The molecule has 0 rings (SSSR count). The Morgan fingerprint density at radius 3 is 1.64 bits per heavy atom. The Morgan fingerprint density at radius 2 is 1.14 bits per heavy atom. The lowest BCUT2D eigenvalue weighted by molar-refractivity contribution is -0.118. The first-order valence-corrected chi connectivity index (χ1v) is 8.79. The van der Waals surface area contributed by atoms with Crippen molar-refractivity contribution in [3.63, 3.8) is 0 Å². The molecule has 5 nitrogen and oxygen atoms in total. The molecule has 0 aromatic heterocycles. The molecule has 0 heterocycles. The summed E-state index contributed by atoms with van der Waals surface area (Å²) in [6, 6.07) is 0. The zero-order valence-electron chi connectivity index (χ0n) is 14.3.